The van der Waals surface area contributed by atoms with Gasteiger partial charge in [0.25, 0.3) is 0 Å². The van der Waals surface area contributed by atoms with E-state index in [1.54, 1.807) is 12.1 Å². The van der Waals surface area contributed by atoms with Gasteiger partial charge in [-0.05, 0) is 73.2 Å². The summed E-state index contributed by atoms with van der Waals surface area (Å²) in [6.45, 7) is 2.51. The molecule has 0 spiro atoms. The number of amides is 2. The van der Waals surface area contributed by atoms with Gasteiger partial charge in [-0.1, -0.05) is 49.2 Å². The summed E-state index contributed by atoms with van der Waals surface area (Å²) in [5, 5.41) is 21.3. The molecule has 0 bridgehead atoms. The number of benzene rings is 4. The molecule has 26 heteroatoms. The topological polar surface area (TPSA) is 471 Å². The standard InChI is InChI=1S/C54H80N18O8/c55-45(56)13-7-25-79-49-37(9-5-11-43(49)77-29-23-69-53(63)64)39-31-35(17-19-41(39)75-27-21-67-51(59)60)33-71-47(73)15-3-1-2-4-16-48(74)72-34-36-18-20-42(76-28-22-68-52(61)62)40(32-36)38-10-6-12-44(78-30-24-70-54(65)66)50(38)80-26-8-14-46(57)58/h5-6,9-12,17-20,31-32H,1-4,7-8,13-16,21-30,33-34H2,(H3,55,56)(H3,57,58)(H,71,73)(H,72,74)(H4,59,60,67)(H4,61,62,68)(H4,63,64,69)(H4,65,66,70). The molecule has 0 saturated heterocycles. The molecule has 4 aromatic rings. The van der Waals surface area contributed by atoms with Crippen molar-refractivity contribution in [3.05, 3.63) is 83.9 Å². The molecular formula is C54H80N18O8. The number of rotatable bonds is 39. The zero-order valence-electron chi connectivity index (χ0n) is 45.3. The Balaban J connectivity index is 1.37. The lowest BCUT2D eigenvalue weighted by Crippen LogP contribution is -2.23. The number of nitrogens with one attached hydrogen (secondary N) is 4. The molecule has 0 fully saturated rings. The first-order chi connectivity index (χ1) is 38.5. The number of nitrogens with two attached hydrogens (primary N) is 10. The molecule has 26 nitrogen and oxygen atoms in total. The van der Waals surface area contributed by atoms with E-state index in [0.29, 0.717) is 108 Å². The van der Waals surface area contributed by atoms with E-state index in [1.165, 1.54) is 0 Å². The minimum atomic E-state index is -0.120. The second kappa shape index (κ2) is 35.1. The highest BCUT2D eigenvalue weighted by atomic mass is 16.5. The van der Waals surface area contributed by atoms with Gasteiger partial charge in [0, 0.05) is 61.0 Å². The number of hydrogen-bond donors (Lipinski definition) is 14. The van der Waals surface area contributed by atoms with E-state index in [1.807, 2.05) is 60.7 Å². The molecule has 434 valence electrons. The Morgan fingerprint density at radius 3 is 1.07 bits per heavy atom. The van der Waals surface area contributed by atoms with Crippen LogP contribution in [0.1, 0.15) is 75.3 Å². The second-order valence-electron chi connectivity index (χ2n) is 18.0. The lowest BCUT2D eigenvalue weighted by atomic mass is 10.00. The molecule has 2 amide bonds. The van der Waals surface area contributed by atoms with Crippen molar-refractivity contribution >= 4 is 47.3 Å². The second-order valence-corrected chi connectivity index (χ2v) is 18.0. The van der Waals surface area contributed by atoms with Gasteiger partial charge in [-0.2, -0.15) is 0 Å². The van der Waals surface area contributed by atoms with E-state index >= 15 is 0 Å². The Hall–Kier alpha value is -9.36. The van der Waals surface area contributed by atoms with Crippen molar-refractivity contribution in [2.45, 2.75) is 77.3 Å². The fourth-order valence-electron chi connectivity index (χ4n) is 7.73. The third kappa shape index (κ3) is 24.3. The van der Waals surface area contributed by atoms with Crippen LogP contribution in [0.2, 0.25) is 0 Å². The summed E-state index contributed by atoms with van der Waals surface area (Å²) in [6.07, 6.45) is 5.06. The highest BCUT2D eigenvalue weighted by Gasteiger charge is 2.20. The van der Waals surface area contributed by atoms with E-state index in [9.17, 15) is 9.59 Å². The van der Waals surface area contributed by atoms with E-state index in [4.69, 9.17) is 96.6 Å². The van der Waals surface area contributed by atoms with E-state index in [2.05, 4.69) is 30.6 Å². The molecule has 4 aromatic carbocycles. The average Bonchev–Trinajstić information content (AvgIpc) is 3.44. The zero-order chi connectivity index (χ0) is 58.1. The van der Waals surface area contributed by atoms with Gasteiger partial charge in [0.2, 0.25) is 11.8 Å². The Labute approximate surface area is 466 Å². The summed E-state index contributed by atoms with van der Waals surface area (Å²) in [4.78, 5) is 42.3. The smallest absolute Gasteiger partial charge is 0.220 e. The van der Waals surface area contributed by atoms with Gasteiger partial charge in [0.15, 0.2) is 46.8 Å². The molecule has 24 N–H and O–H groups in total. The number of hydrogen-bond acceptors (Lipinski definition) is 14. The Bertz CT molecular complexity index is 2570. The minimum absolute atomic E-state index is 0.0478. The van der Waals surface area contributed by atoms with Gasteiger partial charge in [0.1, 0.15) is 37.9 Å². The highest BCUT2D eigenvalue weighted by Crippen LogP contribution is 2.44. The molecular weight excluding hydrogens is 1030 g/mol. The Kier molecular flexibility index (Phi) is 27.7. The van der Waals surface area contributed by atoms with Gasteiger partial charge in [0.05, 0.1) is 51.1 Å². The summed E-state index contributed by atoms with van der Waals surface area (Å²) in [6, 6.07) is 22.1. The zero-order valence-corrected chi connectivity index (χ0v) is 45.3. The lowest BCUT2D eigenvalue weighted by Gasteiger charge is -2.19. The number of aliphatic imine (C=N–C) groups is 4. The molecule has 0 aliphatic rings. The number of nitrogens with zero attached hydrogens (tertiary/aromatic N) is 4. The number of unbranched alkanes of at least 4 members (excludes halogenated alkanes) is 3. The predicted molar refractivity (Wildman–Crippen MR) is 313 cm³/mol. The summed E-state index contributed by atoms with van der Waals surface area (Å²) in [5.74, 6) is 2.39. The number of amidine groups is 2. The lowest BCUT2D eigenvalue weighted by molar-refractivity contribution is -0.122. The molecule has 0 atom stereocenters. The maximum absolute atomic E-state index is 13.1. The van der Waals surface area contributed by atoms with Gasteiger partial charge in [-0.25, -0.2) is 0 Å². The van der Waals surface area contributed by atoms with Crippen LogP contribution in [0.4, 0.5) is 0 Å². The summed E-state index contributed by atoms with van der Waals surface area (Å²) in [7, 11) is 0. The van der Waals surface area contributed by atoms with Crippen LogP contribution in [0.3, 0.4) is 0 Å². The Morgan fingerprint density at radius 1 is 0.388 bits per heavy atom. The Morgan fingerprint density at radius 2 is 0.738 bits per heavy atom. The SMILES string of the molecule is N=C(N)CCCOc1c(OCCN=C(N)N)cccc1-c1cc(CNC(=O)CCCCCCC(=O)NCc2ccc(OCCN=C(N)N)c(-c3cccc(OCCN=C(N)N)c3OCCCC(=N)N)c2)ccc1OCCN=C(N)N. The number of guanidine groups is 4. The molecule has 0 heterocycles. The van der Waals surface area contributed by atoms with E-state index in [0.717, 1.165) is 24.0 Å². The van der Waals surface area contributed by atoms with Crippen LogP contribution in [-0.4, -0.2) is 113 Å². The van der Waals surface area contributed by atoms with Crippen molar-refractivity contribution in [3.63, 3.8) is 0 Å². The van der Waals surface area contributed by atoms with Gasteiger partial charge >= 0.3 is 0 Å². The van der Waals surface area contributed by atoms with Gasteiger partial charge < -0.3 is 96.4 Å². The van der Waals surface area contributed by atoms with Crippen LogP contribution in [-0.2, 0) is 22.7 Å². The highest BCUT2D eigenvalue weighted by molar-refractivity contribution is 5.82. The summed E-state index contributed by atoms with van der Waals surface area (Å²) in [5.41, 5.74) is 59.6. The molecule has 0 unspecified atom stereocenters. The molecule has 0 saturated carbocycles. The molecule has 0 aliphatic carbocycles. The normalized spacial score (nSPS) is 10.6. The summed E-state index contributed by atoms with van der Waals surface area (Å²) >= 11 is 0. The predicted octanol–water partition coefficient (Wildman–Crippen LogP) is 2.09. The van der Waals surface area contributed by atoms with E-state index in [-0.39, 0.29) is 126 Å². The van der Waals surface area contributed by atoms with Crippen LogP contribution in [0.25, 0.3) is 22.3 Å². The van der Waals surface area contributed by atoms with Crippen molar-refractivity contribution in [2.24, 2.45) is 77.3 Å². The minimum Gasteiger partial charge on any atom is -0.491 e. The summed E-state index contributed by atoms with van der Waals surface area (Å²) < 4.78 is 37.1. The fourth-order valence-corrected chi connectivity index (χ4v) is 7.73. The number of ether oxygens (including phenoxy) is 6. The first-order valence-electron chi connectivity index (χ1n) is 26.2. The largest absolute Gasteiger partial charge is 0.491 e. The van der Waals surface area contributed by atoms with Crippen LogP contribution in [0, 0.1) is 10.8 Å². The van der Waals surface area contributed by atoms with Crippen molar-refractivity contribution in [1.29, 1.82) is 10.8 Å². The monoisotopic (exact) mass is 1110 g/mol. The van der Waals surface area contributed by atoms with E-state index < -0.39 is 0 Å². The van der Waals surface area contributed by atoms with Crippen LogP contribution >= 0.6 is 0 Å². The maximum atomic E-state index is 13.1. The molecule has 0 aromatic heterocycles. The number of carbonyl (C=O) groups excluding carboxylic acids is 2. The fraction of sp³-hybridized carbons (Fsp3) is 0.407. The van der Waals surface area contributed by atoms with Crippen molar-refractivity contribution in [1.82, 2.24) is 10.6 Å². The van der Waals surface area contributed by atoms with Crippen molar-refractivity contribution in [2.75, 3.05) is 65.8 Å². The van der Waals surface area contributed by atoms with Crippen molar-refractivity contribution in [3.8, 4) is 56.8 Å². The van der Waals surface area contributed by atoms with Gasteiger partial charge in [-0.15, -0.1) is 0 Å². The molecule has 4 rings (SSSR count). The number of para-hydroxylation sites is 2. The van der Waals surface area contributed by atoms with Crippen LogP contribution < -0.4 is 96.4 Å². The van der Waals surface area contributed by atoms with Gasteiger partial charge in [-0.3, -0.25) is 40.4 Å². The maximum Gasteiger partial charge on any atom is 0.220 e. The third-order valence-corrected chi connectivity index (χ3v) is 11.4. The van der Waals surface area contributed by atoms with Crippen LogP contribution in [0.5, 0.6) is 34.5 Å². The van der Waals surface area contributed by atoms with Crippen LogP contribution in [0.15, 0.2) is 92.8 Å². The van der Waals surface area contributed by atoms with Crippen molar-refractivity contribution < 1.29 is 38.0 Å². The third-order valence-electron chi connectivity index (χ3n) is 11.4. The number of carbonyl (C=O) groups is 2. The first kappa shape index (κ1) is 63.2. The molecule has 0 radical (unpaired) electrons. The molecule has 0 aliphatic heterocycles. The average molecular weight is 1110 g/mol. The molecule has 80 heavy (non-hydrogen) atoms. The quantitative estimate of drug-likeness (QED) is 0.0173. The first-order valence-corrected chi connectivity index (χ1v) is 26.2.